The van der Waals surface area contributed by atoms with Gasteiger partial charge in [-0.2, -0.15) is 13.2 Å². The summed E-state index contributed by atoms with van der Waals surface area (Å²) < 4.78 is 44.2. The number of aromatic nitrogens is 1. The van der Waals surface area contributed by atoms with Crippen LogP contribution in [0, 0.1) is 6.92 Å². The molecule has 1 aromatic heterocycles. The Hall–Kier alpha value is -3.46. The highest BCUT2D eigenvalue weighted by Gasteiger charge is 2.30. The predicted molar refractivity (Wildman–Crippen MR) is 134 cm³/mol. The minimum absolute atomic E-state index is 0.0404. The van der Waals surface area contributed by atoms with Crippen molar-refractivity contribution in [3.05, 3.63) is 75.8 Å². The van der Waals surface area contributed by atoms with Crippen molar-refractivity contribution in [1.29, 1.82) is 0 Å². The number of benzene rings is 2. The van der Waals surface area contributed by atoms with E-state index in [4.69, 9.17) is 4.74 Å². The van der Waals surface area contributed by atoms with Gasteiger partial charge in [0, 0.05) is 11.1 Å². The fourth-order valence-corrected chi connectivity index (χ4v) is 4.57. The van der Waals surface area contributed by atoms with Crippen molar-refractivity contribution in [2.45, 2.75) is 52.3 Å². The molecule has 2 aromatic carbocycles. The number of ether oxygens (including phenoxy) is 1. The Morgan fingerprint density at radius 1 is 1.14 bits per heavy atom. The normalized spacial score (nSPS) is 12.8. The van der Waals surface area contributed by atoms with Crippen molar-refractivity contribution in [3.8, 4) is 16.3 Å². The molecule has 0 bridgehead atoms. The molecule has 3 aromatic rings. The van der Waals surface area contributed by atoms with Crippen molar-refractivity contribution in [2.24, 2.45) is 0 Å². The Labute approximate surface area is 211 Å². The summed E-state index contributed by atoms with van der Waals surface area (Å²) in [5.74, 6) is -0.871. The molecule has 9 heteroatoms. The first kappa shape index (κ1) is 27.1. The number of nitrogens with zero attached hydrogens (tertiary/aromatic N) is 1. The molecule has 0 aliphatic carbocycles. The van der Waals surface area contributed by atoms with Gasteiger partial charge in [-0.05, 0) is 67.3 Å². The van der Waals surface area contributed by atoms with Crippen LogP contribution in [0.2, 0.25) is 0 Å². The van der Waals surface area contributed by atoms with Crippen molar-refractivity contribution >= 4 is 29.2 Å². The van der Waals surface area contributed by atoms with Gasteiger partial charge < -0.3 is 9.84 Å². The highest BCUT2D eigenvalue weighted by molar-refractivity contribution is 7.16. The number of alkyl halides is 3. The van der Waals surface area contributed by atoms with E-state index >= 15 is 0 Å². The highest BCUT2D eigenvalue weighted by Crippen LogP contribution is 2.35. The van der Waals surface area contributed by atoms with E-state index in [0.717, 1.165) is 22.7 Å². The van der Waals surface area contributed by atoms with Crippen LogP contribution in [0.3, 0.4) is 0 Å². The average Bonchev–Trinajstić information content (AvgIpc) is 3.25. The maximum absolute atomic E-state index is 12.9. The molecule has 1 atom stereocenters. The van der Waals surface area contributed by atoms with Gasteiger partial charge in [0.2, 0.25) is 0 Å². The Balaban J connectivity index is 1.82. The summed E-state index contributed by atoms with van der Waals surface area (Å²) in [5, 5.41) is 9.76. The fraction of sp³-hybridized carbons (Fsp3) is 0.296. The third-order valence-corrected chi connectivity index (χ3v) is 6.53. The second-order valence-corrected chi connectivity index (χ2v) is 9.56. The lowest BCUT2D eigenvalue weighted by Gasteiger charge is -2.15. The number of carbonyl (C=O) groups is 2. The lowest BCUT2D eigenvalue weighted by atomic mass is 10.1. The molecule has 0 saturated heterocycles. The smallest absolute Gasteiger partial charge is 0.416 e. The van der Waals surface area contributed by atoms with E-state index in [1.807, 2.05) is 13.8 Å². The van der Waals surface area contributed by atoms with E-state index in [9.17, 15) is 27.9 Å². The number of hydrogen-bond donors (Lipinski definition) is 1. The zero-order valence-electron chi connectivity index (χ0n) is 20.2. The molecule has 0 aliphatic heterocycles. The lowest BCUT2D eigenvalue weighted by Crippen LogP contribution is -2.26. The molecule has 1 unspecified atom stereocenters. The number of carboxylic acid groups (broad SMARTS) is 1. The zero-order chi connectivity index (χ0) is 26.6. The van der Waals surface area contributed by atoms with Crippen LogP contribution in [0.5, 0.6) is 5.75 Å². The van der Waals surface area contributed by atoms with Gasteiger partial charge in [-0.3, -0.25) is 4.79 Å². The standard InChI is InChI=1S/C27H26F3NO4S/c1-5-21(26(33)34)35-22-12-8-18(14-16(22)4)20(32)11-13-23-24(15(2)3)31-25(36-23)17-6-9-19(10-7-17)27(28,29)30/h6-15,21H,5H2,1-4H3,(H,33,34). The second kappa shape index (κ2) is 11.1. The van der Waals surface area contributed by atoms with Gasteiger partial charge in [-0.1, -0.05) is 32.9 Å². The Morgan fingerprint density at radius 3 is 2.33 bits per heavy atom. The van der Waals surface area contributed by atoms with Crippen molar-refractivity contribution in [3.63, 3.8) is 0 Å². The van der Waals surface area contributed by atoms with Crippen LogP contribution in [-0.4, -0.2) is 27.9 Å². The number of ketones is 1. The number of aryl methyl sites for hydroxylation is 1. The molecule has 1 N–H and O–H groups in total. The molecule has 0 saturated carbocycles. The van der Waals surface area contributed by atoms with Crippen LogP contribution in [0.15, 0.2) is 48.5 Å². The average molecular weight is 518 g/mol. The SMILES string of the molecule is CCC(Oc1ccc(C(=O)C=Cc2sc(-c3ccc(C(F)(F)F)cc3)nc2C(C)C)cc1C)C(=O)O. The second-order valence-electron chi connectivity index (χ2n) is 8.53. The first-order valence-electron chi connectivity index (χ1n) is 11.3. The van der Waals surface area contributed by atoms with E-state index in [1.54, 1.807) is 38.1 Å². The minimum Gasteiger partial charge on any atom is -0.479 e. The summed E-state index contributed by atoms with van der Waals surface area (Å²) in [6.07, 6.45) is -1.98. The summed E-state index contributed by atoms with van der Waals surface area (Å²) in [6.45, 7) is 7.35. The number of allylic oxidation sites excluding steroid dienone is 1. The maximum atomic E-state index is 12.9. The van der Waals surface area contributed by atoms with Gasteiger partial charge >= 0.3 is 12.1 Å². The quantitative estimate of drug-likeness (QED) is 0.236. The first-order valence-corrected chi connectivity index (χ1v) is 12.1. The Kier molecular flexibility index (Phi) is 8.35. The van der Waals surface area contributed by atoms with Crippen molar-refractivity contribution < 1.29 is 32.6 Å². The number of halogens is 3. The molecule has 1 heterocycles. The molecule has 3 rings (SSSR count). The van der Waals surface area contributed by atoms with E-state index in [2.05, 4.69) is 4.98 Å². The molecule has 0 amide bonds. The molecule has 0 radical (unpaired) electrons. The van der Waals surface area contributed by atoms with Crippen LogP contribution in [0.1, 0.15) is 65.2 Å². The van der Waals surface area contributed by atoms with Gasteiger partial charge in [-0.15, -0.1) is 11.3 Å². The van der Waals surface area contributed by atoms with Gasteiger partial charge in [0.1, 0.15) is 10.8 Å². The monoisotopic (exact) mass is 517 g/mol. The highest BCUT2D eigenvalue weighted by atomic mass is 32.1. The van der Waals surface area contributed by atoms with Gasteiger partial charge in [0.25, 0.3) is 0 Å². The third kappa shape index (κ3) is 6.40. The molecule has 5 nitrogen and oxygen atoms in total. The summed E-state index contributed by atoms with van der Waals surface area (Å²) >= 11 is 1.30. The number of aliphatic carboxylic acids is 1. The first-order chi connectivity index (χ1) is 16.9. The number of thiazole rings is 1. The summed E-state index contributed by atoms with van der Waals surface area (Å²) in [7, 11) is 0. The fourth-order valence-electron chi connectivity index (χ4n) is 3.45. The Morgan fingerprint density at radius 2 is 1.81 bits per heavy atom. The molecule has 0 aliphatic rings. The van der Waals surface area contributed by atoms with Crippen LogP contribution < -0.4 is 4.74 Å². The van der Waals surface area contributed by atoms with Crippen molar-refractivity contribution in [1.82, 2.24) is 4.98 Å². The summed E-state index contributed by atoms with van der Waals surface area (Å²) in [6, 6.07) is 9.64. The zero-order valence-corrected chi connectivity index (χ0v) is 21.0. The number of carbonyl (C=O) groups excluding carboxylic acids is 1. The number of carboxylic acids is 1. The molecule has 0 spiro atoms. The van der Waals surface area contributed by atoms with Gasteiger partial charge in [0.05, 0.1) is 16.1 Å². The van der Waals surface area contributed by atoms with E-state index in [-0.39, 0.29) is 11.7 Å². The summed E-state index contributed by atoms with van der Waals surface area (Å²) in [5.41, 5.74) is 1.65. The van der Waals surface area contributed by atoms with Crippen LogP contribution in [-0.2, 0) is 11.0 Å². The minimum atomic E-state index is -4.41. The van der Waals surface area contributed by atoms with Crippen LogP contribution in [0.4, 0.5) is 13.2 Å². The van der Waals surface area contributed by atoms with E-state index in [1.165, 1.54) is 29.5 Å². The largest absolute Gasteiger partial charge is 0.479 e. The summed E-state index contributed by atoms with van der Waals surface area (Å²) in [4.78, 5) is 29.4. The lowest BCUT2D eigenvalue weighted by molar-refractivity contribution is -0.145. The molecular formula is C27H26F3NO4S. The number of rotatable bonds is 9. The molecule has 36 heavy (non-hydrogen) atoms. The van der Waals surface area contributed by atoms with Crippen LogP contribution in [0.25, 0.3) is 16.6 Å². The third-order valence-electron chi connectivity index (χ3n) is 5.45. The Bertz CT molecular complexity index is 1280. The predicted octanol–water partition coefficient (Wildman–Crippen LogP) is 7.40. The molecule has 0 fully saturated rings. The van der Waals surface area contributed by atoms with Crippen LogP contribution >= 0.6 is 11.3 Å². The topological polar surface area (TPSA) is 76.5 Å². The van der Waals surface area contributed by atoms with Gasteiger partial charge in [0.15, 0.2) is 11.9 Å². The maximum Gasteiger partial charge on any atom is 0.416 e. The molecular weight excluding hydrogens is 491 g/mol. The van der Waals surface area contributed by atoms with E-state index in [0.29, 0.717) is 33.9 Å². The van der Waals surface area contributed by atoms with Gasteiger partial charge in [-0.25, -0.2) is 9.78 Å². The molecule has 190 valence electrons. The number of hydrogen-bond acceptors (Lipinski definition) is 5. The van der Waals surface area contributed by atoms with E-state index < -0.39 is 23.8 Å². The van der Waals surface area contributed by atoms with Crippen molar-refractivity contribution in [2.75, 3.05) is 0 Å².